The third-order valence-corrected chi connectivity index (χ3v) is 8.50. The van der Waals surface area contributed by atoms with Crippen LogP contribution in [-0.4, -0.2) is 74.0 Å². The van der Waals surface area contributed by atoms with Crippen molar-refractivity contribution in [1.29, 1.82) is 0 Å². The molecule has 0 aliphatic carbocycles. The monoisotopic (exact) mass is 564 g/mol. The summed E-state index contributed by atoms with van der Waals surface area (Å²) in [4.78, 5) is 11.3. The van der Waals surface area contributed by atoms with E-state index in [1.165, 1.54) is 0 Å². The van der Waals surface area contributed by atoms with E-state index in [2.05, 4.69) is 54.9 Å². The van der Waals surface area contributed by atoms with Crippen LogP contribution in [0.4, 0.5) is 23.1 Å². The predicted octanol–water partition coefficient (Wildman–Crippen LogP) is 3.22. The van der Waals surface area contributed by atoms with Gasteiger partial charge in [-0.1, -0.05) is 37.0 Å². The Labute approximate surface area is 229 Å². The molecule has 1 aliphatic heterocycles. The molecule has 39 heavy (non-hydrogen) atoms. The Morgan fingerprint density at radius 3 is 2.41 bits per heavy atom. The lowest BCUT2D eigenvalue weighted by Crippen LogP contribution is -2.46. The van der Waals surface area contributed by atoms with E-state index in [0.717, 1.165) is 47.4 Å². The maximum Gasteiger partial charge on any atom is 0.229 e. The second-order valence-electron chi connectivity index (χ2n) is 10.4. The predicted molar refractivity (Wildman–Crippen MR) is 157 cm³/mol. The molecule has 2 aromatic carbocycles. The zero-order chi connectivity index (χ0) is 27.6. The highest BCUT2D eigenvalue weighted by atomic mass is 32.2. The van der Waals surface area contributed by atoms with Crippen molar-refractivity contribution in [3.8, 4) is 16.9 Å². The van der Waals surface area contributed by atoms with Crippen LogP contribution >= 0.6 is 0 Å². The van der Waals surface area contributed by atoms with Gasteiger partial charge in [0.05, 0.1) is 36.2 Å². The highest BCUT2D eigenvalue weighted by molar-refractivity contribution is 7.92. The molecule has 5 rings (SSSR count). The lowest BCUT2D eigenvalue weighted by molar-refractivity contribution is 0.122. The van der Waals surface area contributed by atoms with Gasteiger partial charge in [0.15, 0.2) is 5.82 Å². The average molecular weight is 565 g/mol. The molecule has 1 aliphatic rings. The average Bonchev–Trinajstić information content (AvgIpc) is 3.35. The molecule has 0 amide bonds. The summed E-state index contributed by atoms with van der Waals surface area (Å²) in [6, 6.07) is 16.8. The van der Waals surface area contributed by atoms with Crippen LogP contribution < -0.4 is 20.3 Å². The molecule has 13 heteroatoms. The Balaban J connectivity index is 1.37. The standard InChI is InChI=1S/C26H32N8O3SSi/c1-38(35,36)31-21-7-5-6-19(18-21)23-12-13-27-26(29-23)28-20-8-10-22(11-9-20)34-25(33-14-16-37-17-15-33)24(30-32-34)39(2,3)4/h5-13,18,31H,14-17H2,1-4H3,(H,27,28,29). The molecule has 0 spiro atoms. The van der Waals surface area contributed by atoms with Gasteiger partial charge >= 0.3 is 0 Å². The maximum atomic E-state index is 11.6. The lowest BCUT2D eigenvalue weighted by atomic mass is 10.1. The van der Waals surface area contributed by atoms with Crippen LogP contribution in [0.2, 0.25) is 19.6 Å². The Morgan fingerprint density at radius 2 is 1.72 bits per heavy atom. The minimum Gasteiger partial charge on any atom is -0.378 e. The van der Waals surface area contributed by atoms with Crippen molar-refractivity contribution in [2.75, 3.05) is 47.5 Å². The topological polar surface area (TPSA) is 127 Å². The summed E-state index contributed by atoms with van der Waals surface area (Å²) in [5, 5.41) is 13.5. The van der Waals surface area contributed by atoms with Gasteiger partial charge < -0.3 is 15.0 Å². The quantitative estimate of drug-likeness (QED) is 0.310. The van der Waals surface area contributed by atoms with E-state index in [9.17, 15) is 8.42 Å². The van der Waals surface area contributed by atoms with E-state index in [0.29, 0.717) is 30.5 Å². The third kappa shape index (κ3) is 6.44. The molecule has 0 saturated carbocycles. The van der Waals surface area contributed by atoms with E-state index in [-0.39, 0.29) is 0 Å². The summed E-state index contributed by atoms with van der Waals surface area (Å²) in [5.74, 6) is 1.49. The molecule has 1 saturated heterocycles. The van der Waals surface area contributed by atoms with E-state index < -0.39 is 18.1 Å². The first-order valence-electron chi connectivity index (χ1n) is 12.6. The normalized spacial score (nSPS) is 14.3. The second-order valence-corrected chi connectivity index (χ2v) is 17.1. The molecule has 0 radical (unpaired) electrons. The zero-order valence-electron chi connectivity index (χ0n) is 22.4. The number of hydrogen-bond donors (Lipinski definition) is 2. The van der Waals surface area contributed by atoms with Crippen molar-refractivity contribution in [2.45, 2.75) is 19.6 Å². The molecule has 2 aromatic heterocycles. The van der Waals surface area contributed by atoms with Crippen LogP contribution in [-0.2, 0) is 14.8 Å². The van der Waals surface area contributed by atoms with Crippen LogP contribution in [0.15, 0.2) is 60.8 Å². The fourth-order valence-electron chi connectivity index (χ4n) is 4.35. The smallest absolute Gasteiger partial charge is 0.229 e. The number of nitrogens with zero attached hydrogens (tertiary/aromatic N) is 6. The van der Waals surface area contributed by atoms with Gasteiger partial charge in [0, 0.05) is 36.2 Å². The summed E-state index contributed by atoms with van der Waals surface area (Å²) in [6.07, 6.45) is 2.78. The number of rotatable bonds is 8. The minimum absolute atomic E-state index is 0.428. The SMILES string of the molecule is C[Si](C)(C)c1nnn(-c2ccc(Nc3nccc(-c4cccc(NS(C)(=O)=O)c4)n3)cc2)c1N1CCOCC1. The highest BCUT2D eigenvalue weighted by Gasteiger charge is 2.31. The van der Waals surface area contributed by atoms with Crippen LogP contribution in [0.3, 0.4) is 0 Å². The Kier molecular flexibility index (Phi) is 7.38. The first-order chi connectivity index (χ1) is 18.6. The number of aromatic nitrogens is 5. The lowest BCUT2D eigenvalue weighted by Gasteiger charge is -2.31. The molecule has 1 fully saturated rings. The van der Waals surface area contributed by atoms with Gasteiger partial charge in [-0.2, -0.15) is 4.68 Å². The summed E-state index contributed by atoms with van der Waals surface area (Å²) >= 11 is 0. The summed E-state index contributed by atoms with van der Waals surface area (Å²) in [5.41, 5.74) is 3.65. The molecule has 11 nitrogen and oxygen atoms in total. The van der Waals surface area contributed by atoms with Crippen molar-refractivity contribution in [3.63, 3.8) is 0 Å². The molecule has 3 heterocycles. The van der Waals surface area contributed by atoms with Crippen LogP contribution in [0.5, 0.6) is 0 Å². The van der Waals surface area contributed by atoms with Crippen molar-refractivity contribution < 1.29 is 13.2 Å². The first kappa shape index (κ1) is 26.8. The Morgan fingerprint density at radius 1 is 0.974 bits per heavy atom. The van der Waals surface area contributed by atoms with Crippen molar-refractivity contribution in [2.24, 2.45) is 0 Å². The molecular weight excluding hydrogens is 532 g/mol. The summed E-state index contributed by atoms with van der Waals surface area (Å²) in [7, 11) is -5.10. The number of sulfonamides is 1. The molecule has 2 N–H and O–H groups in total. The highest BCUT2D eigenvalue weighted by Crippen LogP contribution is 2.25. The first-order valence-corrected chi connectivity index (χ1v) is 18.0. The Bertz CT molecular complexity index is 1560. The van der Waals surface area contributed by atoms with E-state index in [1.807, 2.05) is 35.0 Å². The van der Waals surface area contributed by atoms with E-state index >= 15 is 0 Å². The number of nitrogens with one attached hydrogen (secondary N) is 2. The van der Waals surface area contributed by atoms with Crippen molar-refractivity contribution >= 4 is 46.6 Å². The molecular formula is C26H32N8O3SSi. The molecule has 4 aromatic rings. The minimum atomic E-state index is -3.38. The van der Waals surface area contributed by atoms with Crippen molar-refractivity contribution in [1.82, 2.24) is 25.0 Å². The third-order valence-electron chi connectivity index (χ3n) is 6.15. The van der Waals surface area contributed by atoms with E-state index in [1.54, 1.807) is 30.5 Å². The molecule has 0 atom stereocenters. The van der Waals surface area contributed by atoms with Crippen LogP contribution in [0, 0.1) is 0 Å². The Hall–Kier alpha value is -3.81. The number of morpholine rings is 1. The number of ether oxygens (including phenoxy) is 1. The van der Waals surface area contributed by atoms with Gasteiger partial charge in [0.1, 0.15) is 8.07 Å². The van der Waals surface area contributed by atoms with Gasteiger partial charge in [0.2, 0.25) is 16.0 Å². The van der Waals surface area contributed by atoms with Gasteiger partial charge in [-0.05, 0) is 42.5 Å². The van der Waals surface area contributed by atoms with Crippen LogP contribution in [0.25, 0.3) is 16.9 Å². The number of benzene rings is 2. The fraction of sp³-hybridized carbons (Fsp3) is 0.308. The molecule has 0 bridgehead atoms. The summed E-state index contributed by atoms with van der Waals surface area (Å²) in [6.45, 7) is 9.85. The van der Waals surface area contributed by atoms with Crippen LogP contribution in [0.1, 0.15) is 0 Å². The largest absolute Gasteiger partial charge is 0.378 e. The van der Waals surface area contributed by atoms with Gasteiger partial charge in [0.25, 0.3) is 0 Å². The maximum absolute atomic E-state index is 11.6. The summed E-state index contributed by atoms with van der Waals surface area (Å²) < 4.78 is 33.2. The molecule has 0 unspecified atom stereocenters. The molecule has 204 valence electrons. The number of anilines is 4. The van der Waals surface area contributed by atoms with Crippen molar-refractivity contribution in [3.05, 3.63) is 60.8 Å². The van der Waals surface area contributed by atoms with Gasteiger partial charge in [-0.15, -0.1) is 5.10 Å². The van der Waals surface area contributed by atoms with Gasteiger partial charge in [-0.25, -0.2) is 18.4 Å². The van der Waals surface area contributed by atoms with E-state index in [4.69, 9.17) is 4.74 Å². The zero-order valence-corrected chi connectivity index (χ0v) is 24.2. The fourth-order valence-corrected chi connectivity index (χ4v) is 6.18. The van der Waals surface area contributed by atoms with Gasteiger partial charge in [-0.3, -0.25) is 4.72 Å². The second kappa shape index (κ2) is 10.7. The number of hydrogen-bond acceptors (Lipinski definition) is 9.